The van der Waals surface area contributed by atoms with Crippen molar-refractivity contribution < 1.29 is 15.0 Å². The van der Waals surface area contributed by atoms with E-state index in [-0.39, 0.29) is 30.1 Å². The molecule has 3 atom stereocenters. The number of hydrogen-bond acceptors (Lipinski definition) is 5. The molecule has 1 heterocycles. The number of nitrogens with two attached hydrogens (primary N) is 2. The van der Waals surface area contributed by atoms with E-state index >= 15 is 0 Å². The molecule has 0 unspecified atom stereocenters. The van der Waals surface area contributed by atoms with Crippen LogP contribution in [0.15, 0.2) is 6.33 Å². The smallest absolute Gasteiger partial charge is 0.271 e. The number of carbonyl (C=O) groups excluding carboxylic acids is 1. The highest BCUT2D eigenvalue weighted by Gasteiger charge is 2.34. The second kappa shape index (κ2) is 4.34. The molecule has 1 amide bonds. The lowest BCUT2D eigenvalue weighted by atomic mass is 10.1. The highest BCUT2D eigenvalue weighted by atomic mass is 16.3. The maximum Gasteiger partial charge on any atom is 0.271 e. The predicted molar refractivity (Wildman–Crippen MR) is 60.0 cm³/mol. The summed E-state index contributed by atoms with van der Waals surface area (Å²) in [4.78, 5) is 14.9. The van der Waals surface area contributed by atoms with Gasteiger partial charge < -0.3 is 26.2 Å². The molecule has 0 bridgehead atoms. The molecule has 0 saturated heterocycles. The van der Waals surface area contributed by atoms with Crippen molar-refractivity contribution in [3.05, 3.63) is 12.0 Å². The van der Waals surface area contributed by atoms with Crippen LogP contribution in [0.25, 0.3) is 0 Å². The van der Waals surface area contributed by atoms with E-state index in [9.17, 15) is 9.90 Å². The summed E-state index contributed by atoms with van der Waals surface area (Å²) in [7, 11) is 0. The first-order valence-corrected chi connectivity index (χ1v) is 5.45. The topological polar surface area (TPSA) is 127 Å². The molecule has 1 fully saturated rings. The Balaban J connectivity index is 2.22. The Kier molecular flexibility index (Phi) is 3.03. The van der Waals surface area contributed by atoms with Crippen molar-refractivity contribution in [3.63, 3.8) is 0 Å². The average molecular weight is 240 g/mol. The average Bonchev–Trinajstić information content (AvgIpc) is 2.81. The molecule has 1 aromatic rings. The Morgan fingerprint density at radius 3 is 2.76 bits per heavy atom. The monoisotopic (exact) mass is 240 g/mol. The Morgan fingerprint density at radius 1 is 1.59 bits per heavy atom. The summed E-state index contributed by atoms with van der Waals surface area (Å²) in [6, 6.07) is -0.0530. The molecule has 0 aliphatic heterocycles. The van der Waals surface area contributed by atoms with Gasteiger partial charge in [0, 0.05) is 18.6 Å². The minimum Gasteiger partial charge on any atom is -0.396 e. The first kappa shape index (κ1) is 11.9. The highest BCUT2D eigenvalue weighted by Crippen LogP contribution is 2.36. The Bertz CT molecular complexity index is 431. The second-order valence-corrected chi connectivity index (χ2v) is 4.39. The zero-order chi connectivity index (χ0) is 12.6. The third-order valence-electron chi connectivity index (χ3n) is 3.33. The SMILES string of the molecule is NC(=O)c1ncn([C@@H]2C[C@H](CO)[C@H](O)C2)c1N. The lowest BCUT2D eigenvalue weighted by Crippen LogP contribution is -2.16. The number of aromatic nitrogens is 2. The fraction of sp³-hybridized carbons (Fsp3) is 0.600. The lowest BCUT2D eigenvalue weighted by molar-refractivity contribution is 0.0906. The van der Waals surface area contributed by atoms with E-state index in [2.05, 4.69) is 4.98 Å². The van der Waals surface area contributed by atoms with Crippen molar-refractivity contribution >= 4 is 11.7 Å². The normalized spacial score (nSPS) is 28.5. The molecule has 1 saturated carbocycles. The summed E-state index contributed by atoms with van der Waals surface area (Å²) in [5.74, 6) is -0.606. The van der Waals surface area contributed by atoms with Crippen molar-refractivity contribution in [3.8, 4) is 0 Å². The standard InChI is InChI=1S/C10H16N4O3/c11-9-8(10(12)17)13-4-14(9)6-1-5(3-15)7(16)2-6/h4-7,15-16H,1-3,11H2,(H2,12,17)/t5-,6-,7-/m1/s1. The minimum atomic E-state index is -0.668. The number of anilines is 1. The van der Waals surface area contributed by atoms with Gasteiger partial charge in [-0.05, 0) is 12.8 Å². The Morgan fingerprint density at radius 2 is 2.29 bits per heavy atom. The number of primary amides is 1. The first-order chi connectivity index (χ1) is 8.04. The van der Waals surface area contributed by atoms with Crippen molar-refractivity contribution in [1.82, 2.24) is 9.55 Å². The van der Waals surface area contributed by atoms with Gasteiger partial charge in [0.15, 0.2) is 5.69 Å². The van der Waals surface area contributed by atoms with Crippen molar-refractivity contribution in [1.29, 1.82) is 0 Å². The van der Waals surface area contributed by atoms with E-state index in [1.807, 2.05) is 0 Å². The number of aliphatic hydroxyl groups is 2. The molecular weight excluding hydrogens is 224 g/mol. The molecule has 1 aliphatic carbocycles. The molecule has 7 nitrogen and oxygen atoms in total. The second-order valence-electron chi connectivity index (χ2n) is 4.39. The quantitative estimate of drug-likeness (QED) is 0.531. The van der Waals surface area contributed by atoms with Crippen molar-refractivity contribution in [2.75, 3.05) is 12.3 Å². The van der Waals surface area contributed by atoms with Crippen LogP contribution in [-0.2, 0) is 0 Å². The van der Waals surface area contributed by atoms with E-state index in [4.69, 9.17) is 16.6 Å². The van der Waals surface area contributed by atoms with Crippen LogP contribution in [0, 0.1) is 5.92 Å². The van der Waals surface area contributed by atoms with E-state index in [1.165, 1.54) is 6.33 Å². The number of nitrogens with zero attached hydrogens (tertiary/aromatic N) is 2. The molecule has 17 heavy (non-hydrogen) atoms. The van der Waals surface area contributed by atoms with Gasteiger partial charge in [0.2, 0.25) is 0 Å². The zero-order valence-electron chi connectivity index (χ0n) is 9.28. The van der Waals surface area contributed by atoms with Crippen LogP contribution in [0.4, 0.5) is 5.82 Å². The Hall–Kier alpha value is -1.60. The maximum absolute atomic E-state index is 11.0. The Labute approximate surface area is 98.0 Å². The van der Waals surface area contributed by atoms with Crippen LogP contribution in [0.3, 0.4) is 0 Å². The van der Waals surface area contributed by atoms with Crippen LogP contribution >= 0.6 is 0 Å². The molecule has 0 spiro atoms. The van der Waals surface area contributed by atoms with Crippen molar-refractivity contribution in [2.24, 2.45) is 11.7 Å². The summed E-state index contributed by atoms with van der Waals surface area (Å²) >= 11 is 0. The summed E-state index contributed by atoms with van der Waals surface area (Å²) in [5.41, 5.74) is 10.9. The van der Waals surface area contributed by atoms with Gasteiger partial charge in [-0.15, -0.1) is 0 Å². The number of hydrogen-bond donors (Lipinski definition) is 4. The number of aliphatic hydroxyl groups excluding tert-OH is 2. The number of carbonyl (C=O) groups is 1. The van der Waals surface area contributed by atoms with E-state index in [0.29, 0.717) is 12.8 Å². The number of amides is 1. The predicted octanol–water partition coefficient (Wildman–Crippen LogP) is -1.13. The van der Waals surface area contributed by atoms with Gasteiger partial charge in [0.1, 0.15) is 5.82 Å². The fourth-order valence-electron chi connectivity index (χ4n) is 2.35. The number of rotatable bonds is 3. The molecule has 1 aromatic heterocycles. The molecule has 2 rings (SSSR count). The van der Waals surface area contributed by atoms with Gasteiger partial charge in [-0.3, -0.25) is 4.79 Å². The van der Waals surface area contributed by atoms with Crippen LogP contribution in [-0.4, -0.2) is 38.4 Å². The largest absolute Gasteiger partial charge is 0.396 e. The van der Waals surface area contributed by atoms with Crippen molar-refractivity contribution in [2.45, 2.75) is 25.0 Å². The van der Waals surface area contributed by atoms with Gasteiger partial charge >= 0.3 is 0 Å². The molecule has 7 heteroatoms. The summed E-state index contributed by atoms with van der Waals surface area (Å²) in [6.07, 6.45) is 2.00. The van der Waals surface area contributed by atoms with Gasteiger partial charge in [0.25, 0.3) is 5.91 Å². The highest BCUT2D eigenvalue weighted by molar-refractivity contribution is 5.95. The molecule has 6 N–H and O–H groups in total. The summed E-state index contributed by atoms with van der Waals surface area (Å²) < 4.78 is 1.64. The van der Waals surface area contributed by atoms with E-state index in [1.54, 1.807) is 4.57 Å². The third kappa shape index (κ3) is 1.98. The molecule has 1 aliphatic rings. The van der Waals surface area contributed by atoms with Gasteiger partial charge in [-0.1, -0.05) is 0 Å². The van der Waals surface area contributed by atoms with Crippen LogP contribution in [0.1, 0.15) is 29.4 Å². The molecule has 94 valence electrons. The van der Waals surface area contributed by atoms with Gasteiger partial charge in [0.05, 0.1) is 12.4 Å². The van der Waals surface area contributed by atoms with Crippen LogP contribution in [0.2, 0.25) is 0 Å². The van der Waals surface area contributed by atoms with E-state index in [0.717, 1.165) is 0 Å². The summed E-state index contributed by atoms with van der Waals surface area (Å²) in [5, 5.41) is 18.8. The molecular formula is C10H16N4O3. The fourth-order valence-corrected chi connectivity index (χ4v) is 2.35. The molecule has 0 radical (unpaired) electrons. The zero-order valence-corrected chi connectivity index (χ0v) is 9.28. The lowest BCUT2D eigenvalue weighted by Gasteiger charge is -2.13. The maximum atomic E-state index is 11.0. The third-order valence-corrected chi connectivity index (χ3v) is 3.33. The number of imidazole rings is 1. The van der Waals surface area contributed by atoms with E-state index < -0.39 is 12.0 Å². The van der Waals surface area contributed by atoms with Gasteiger partial charge in [-0.25, -0.2) is 4.98 Å². The summed E-state index contributed by atoms with van der Waals surface area (Å²) in [6.45, 7) is -0.0606. The molecule has 0 aromatic carbocycles. The van der Waals surface area contributed by atoms with Crippen LogP contribution < -0.4 is 11.5 Å². The minimum absolute atomic E-state index is 0.0481. The first-order valence-electron chi connectivity index (χ1n) is 5.45. The van der Waals surface area contributed by atoms with Gasteiger partial charge in [-0.2, -0.15) is 0 Å². The van der Waals surface area contributed by atoms with Crippen LogP contribution in [0.5, 0.6) is 0 Å². The number of nitrogen functional groups attached to an aromatic ring is 1.